The number of ether oxygens (including phenoxy) is 2. The molecular formula is C27H30N2O6. The summed E-state index contributed by atoms with van der Waals surface area (Å²) in [5, 5.41) is 0. The van der Waals surface area contributed by atoms with Crippen molar-refractivity contribution >= 4 is 29.6 Å². The van der Waals surface area contributed by atoms with Crippen LogP contribution in [0.5, 0.6) is 0 Å². The number of hydrogen-bond acceptors (Lipinski definition) is 6. The van der Waals surface area contributed by atoms with Gasteiger partial charge in [0.05, 0.1) is 18.8 Å². The minimum absolute atomic E-state index is 0.0433. The number of fused-ring (bicyclic) bond motifs is 2. The molecule has 2 aromatic rings. The number of esters is 1. The lowest BCUT2D eigenvalue weighted by Crippen LogP contribution is -2.57. The summed E-state index contributed by atoms with van der Waals surface area (Å²) in [6.07, 6.45) is -0.536. The molecule has 1 fully saturated rings. The van der Waals surface area contributed by atoms with Crippen molar-refractivity contribution in [1.29, 1.82) is 0 Å². The fraction of sp³-hybridized carbons (Fsp3) is 0.407. The van der Waals surface area contributed by atoms with E-state index in [2.05, 4.69) is 0 Å². The first-order valence-corrected chi connectivity index (χ1v) is 11.6. The molecule has 8 nitrogen and oxygen atoms in total. The summed E-state index contributed by atoms with van der Waals surface area (Å²) < 4.78 is 10.5. The number of benzene rings is 2. The van der Waals surface area contributed by atoms with Crippen molar-refractivity contribution in [3.05, 3.63) is 65.2 Å². The van der Waals surface area contributed by atoms with E-state index in [0.717, 1.165) is 16.0 Å². The zero-order chi connectivity index (χ0) is 25.5. The van der Waals surface area contributed by atoms with Crippen molar-refractivity contribution in [1.82, 2.24) is 4.90 Å². The van der Waals surface area contributed by atoms with E-state index in [1.165, 1.54) is 12.0 Å². The molecule has 0 radical (unpaired) electrons. The molecule has 3 amide bonds. The maximum atomic E-state index is 14.3. The van der Waals surface area contributed by atoms with Gasteiger partial charge in [0.1, 0.15) is 17.6 Å². The lowest BCUT2D eigenvalue weighted by atomic mass is 9.66. The highest BCUT2D eigenvalue weighted by molar-refractivity contribution is 6.22. The summed E-state index contributed by atoms with van der Waals surface area (Å²) in [7, 11) is 1.26. The van der Waals surface area contributed by atoms with Gasteiger partial charge in [-0.2, -0.15) is 0 Å². The van der Waals surface area contributed by atoms with E-state index in [-0.39, 0.29) is 25.3 Å². The molecule has 2 aliphatic heterocycles. The second-order valence-corrected chi connectivity index (χ2v) is 9.97. The molecule has 0 N–H and O–H groups in total. The molecule has 184 valence electrons. The molecule has 8 heteroatoms. The van der Waals surface area contributed by atoms with Crippen LogP contribution in [0.3, 0.4) is 0 Å². The highest BCUT2D eigenvalue weighted by Gasteiger charge is 2.62. The van der Waals surface area contributed by atoms with Crippen molar-refractivity contribution in [2.24, 2.45) is 0 Å². The Morgan fingerprint density at radius 1 is 1.06 bits per heavy atom. The first kappa shape index (κ1) is 24.4. The number of carbonyl (C=O) groups excluding carboxylic acids is 4. The van der Waals surface area contributed by atoms with Crippen LogP contribution >= 0.6 is 0 Å². The van der Waals surface area contributed by atoms with Gasteiger partial charge in [-0.15, -0.1) is 0 Å². The maximum absolute atomic E-state index is 14.3. The Morgan fingerprint density at radius 3 is 2.37 bits per heavy atom. The van der Waals surface area contributed by atoms with E-state index in [9.17, 15) is 19.2 Å². The van der Waals surface area contributed by atoms with Crippen LogP contribution in [0.1, 0.15) is 56.3 Å². The third kappa shape index (κ3) is 4.07. The van der Waals surface area contributed by atoms with E-state index < -0.39 is 35.0 Å². The molecular weight excluding hydrogens is 448 g/mol. The van der Waals surface area contributed by atoms with Crippen LogP contribution in [0.25, 0.3) is 0 Å². The van der Waals surface area contributed by atoms with Crippen molar-refractivity contribution in [2.45, 2.75) is 57.6 Å². The van der Waals surface area contributed by atoms with Crippen LogP contribution in [0, 0.1) is 6.92 Å². The van der Waals surface area contributed by atoms with Crippen molar-refractivity contribution in [3.8, 4) is 0 Å². The molecule has 2 unspecified atom stereocenters. The normalized spacial score (nSPS) is 21.8. The predicted octanol–water partition coefficient (Wildman–Crippen LogP) is 4.05. The van der Waals surface area contributed by atoms with E-state index in [4.69, 9.17) is 9.47 Å². The predicted molar refractivity (Wildman–Crippen MR) is 129 cm³/mol. The average molecular weight is 479 g/mol. The van der Waals surface area contributed by atoms with Gasteiger partial charge in [-0.3, -0.25) is 14.4 Å². The molecule has 35 heavy (non-hydrogen) atoms. The van der Waals surface area contributed by atoms with Gasteiger partial charge in [-0.25, -0.2) is 9.69 Å². The molecule has 0 bridgehead atoms. The van der Waals surface area contributed by atoms with E-state index in [1.807, 2.05) is 43.3 Å². The van der Waals surface area contributed by atoms with E-state index >= 15 is 0 Å². The number of para-hydroxylation sites is 1. The molecule has 0 aliphatic carbocycles. The Bertz CT molecular complexity index is 1200. The molecule has 2 aromatic carbocycles. The Hall–Kier alpha value is -3.68. The van der Waals surface area contributed by atoms with Crippen molar-refractivity contribution in [3.63, 3.8) is 0 Å². The van der Waals surface area contributed by atoms with E-state index in [0.29, 0.717) is 11.3 Å². The van der Waals surface area contributed by atoms with Gasteiger partial charge in [0.2, 0.25) is 11.8 Å². The summed E-state index contributed by atoms with van der Waals surface area (Å²) >= 11 is 0. The lowest BCUT2D eigenvalue weighted by molar-refractivity contribution is -0.154. The summed E-state index contributed by atoms with van der Waals surface area (Å²) in [6.45, 7) is 6.80. The fourth-order valence-electron chi connectivity index (χ4n) is 5.17. The van der Waals surface area contributed by atoms with Gasteiger partial charge in [0.15, 0.2) is 0 Å². The molecule has 0 saturated carbocycles. The van der Waals surface area contributed by atoms with Crippen LogP contribution in [0.2, 0.25) is 0 Å². The second-order valence-electron chi connectivity index (χ2n) is 9.97. The number of hydrogen-bond donors (Lipinski definition) is 0. The number of rotatable bonds is 3. The lowest BCUT2D eigenvalue weighted by Gasteiger charge is -2.47. The second kappa shape index (κ2) is 8.83. The number of methoxy groups -OCH3 is 1. The maximum Gasteiger partial charge on any atom is 0.421 e. The van der Waals surface area contributed by atoms with Crippen LogP contribution < -0.4 is 4.90 Å². The Labute approximate surface area is 204 Å². The van der Waals surface area contributed by atoms with Gasteiger partial charge in [0, 0.05) is 6.42 Å². The first-order valence-electron chi connectivity index (χ1n) is 11.6. The topological polar surface area (TPSA) is 93.2 Å². The van der Waals surface area contributed by atoms with Gasteiger partial charge in [-0.05, 0) is 56.9 Å². The minimum atomic E-state index is -1.28. The van der Waals surface area contributed by atoms with Crippen LogP contribution in [0.15, 0.2) is 48.5 Å². The summed E-state index contributed by atoms with van der Waals surface area (Å²) in [4.78, 5) is 55.7. The van der Waals surface area contributed by atoms with Crippen LogP contribution in [-0.2, 0) is 29.3 Å². The number of amides is 3. The number of piperidine rings is 1. The SMILES string of the molecule is COC(=O)CN1C(=O)CCC2(C(=O)N(C(=O)OC(C)(C)C)c3ccccc32)C1c1ccccc1C. The molecule has 2 heterocycles. The number of imide groups is 1. The standard InChI is InChI=1S/C27H30N2O6/c1-17-10-6-7-11-18(17)23-27(15-14-21(30)28(23)16-22(31)34-5)19-12-8-9-13-20(19)29(24(27)32)25(33)35-26(2,3)4/h6-13,23H,14-16H2,1-5H3. The zero-order valence-corrected chi connectivity index (χ0v) is 20.7. The van der Waals surface area contributed by atoms with Crippen molar-refractivity contribution in [2.75, 3.05) is 18.6 Å². The largest absolute Gasteiger partial charge is 0.468 e. The first-order chi connectivity index (χ1) is 16.5. The quantitative estimate of drug-likeness (QED) is 0.618. The Morgan fingerprint density at radius 2 is 1.71 bits per heavy atom. The number of nitrogens with zero attached hydrogens (tertiary/aromatic N) is 2. The molecule has 1 spiro atoms. The molecule has 1 saturated heterocycles. The van der Waals surface area contributed by atoms with Crippen LogP contribution in [0.4, 0.5) is 10.5 Å². The van der Waals surface area contributed by atoms with Gasteiger partial charge >= 0.3 is 12.1 Å². The van der Waals surface area contributed by atoms with E-state index in [1.54, 1.807) is 32.9 Å². The summed E-state index contributed by atoms with van der Waals surface area (Å²) in [5.41, 5.74) is 0.573. The monoisotopic (exact) mass is 478 g/mol. The van der Waals surface area contributed by atoms with Crippen molar-refractivity contribution < 1.29 is 28.7 Å². The number of anilines is 1. The third-order valence-corrected chi connectivity index (χ3v) is 6.63. The van der Waals surface area contributed by atoms with Gasteiger partial charge in [0.25, 0.3) is 0 Å². The Kier molecular flexibility index (Phi) is 6.17. The van der Waals surface area contributed by atoms with Gasteiger partial charge < -0.3 is 14.4 Å². The number of carbonyl (C=O) groups is 4. The molecule has 2 atom stereocenters. The highest BCUT2D eigenvalue weighted by Crippen LogP contribution is 2.56. The fourth-order valence-corrected chi connectivity index (χ4v) is 5.17. The Balaban J connectivity index is 1.95. The minimum Gasteiger partial charge on any atom is -0.468 e. The third-order valence-electron chi connectivity index (χ3n) is 6.63. The van der Waals surface area contributed by atoms with Gasteiger partial charge in [-0.1, -0.05) is 42.5 Å². The summed E-state index contributed by atoms with van der Waals surface area (Å²) in [5.74, 6) is -1.31. The zero-order valence-electron chi connectivity index (χ0n) is 20.7. The van der Waals surface area contributed by atoms with Crippen LogP contribution in [-0.4, -0.2) is 48.0 Å². The highest BCUT2D eigenvalue weighted by atomic mass is 16.6. The number of aryl methyl sites for hydroxylation is 1. The molecule has 4 rings (SSSR count). The smallest absolute Gasteiger partial charge is 0.421 e. The molecule has 2 aliphatic rings. The number of likely N-dealkylation sites (tertiary alicyclic amines) is 1. The molecule has 0 aromatic heterocycles. The summed E-state index contributed by atoms with van der Waals surface area (Å²) in [6, 6.07) is 13.7. The average Bonchev–Trinajstić information content (AvgIpc) is 3.04.